The minimum Gasteiger partial charge on any atom is -0.392 e. The number of aliphatic hydroxyl groups excluding tert-OH is 1. The molecule has 2 rings (SSSR count). The molecule has 1 N–H and O–H groups in total. The minimum atomic E-state index is 0.0497. The summed E-state index contributed by atoms with van der Waals surface area (Å²) in [6.45, 7) is 6.30. The number of hydrogen-bond acceptors (Lipinski definition) is 2. The van der Waals surface area contributed by atoms with E-state index in [-0.39, 0.29) is 6.61 Å². The van der Waals surface area contributed by atoms with Crippen molar-refractivity contribution in [3.8, 4) is 5.69 Å². The SMILES string of the molecule is CCc1c(CO)cnn1-c1ccc(C)cc1C. The third-order valence-electron chi connectivity index (χ3n) is 3.04. The molecule has 0 bridgehead atoms. The number of aliphatic hydroxyl groups is 1. The van der Waals surface area contributed by atoms with E-state index in [4.69, 9.17) is 0 Å². The molecule has 90 valence electrons. The molecule has 0 saturated heterocycles. The van der Waals surface area contributed by atoms with Crippen molar-refractivity contribution in [3.63, 3.8) is 0 Å². The first-order chi connectivity index (χ1) is 8.17. The largest absolute Gasteiger partial charge is 0.392 e. The first-order valence-electron chi connectivity index (χ1n) is 5.91. The highest BCUT2D eigenvalue weighted by molar-refractivity contribution is 5.44. The lowest BCUT2D eigenvalue weighted by molar-refractivity contribution is 0.280. The molecule has 0 spiro atoms. The minimum absolute atomic E-state index is 0.0497. The predicted octanol–water partition coefficient (Wildman–Crippen LogP) is 2.54. The van der Waals surface area contributed by atoms with E-state index in [1.165, 1.54) is 11.1 Å². The van der Waals surface area contributed by atoms with E-state index < -0.39 is 0 Å². The second kappa shape index (κ2) is 4.72. The number of hydrogen-bond donors (Lipinski definition) is 1. The fourth-order valence-corrected chi connectivity index (χ4v) is 2.17. The standard InChI is InChI=1S/C14H18N2O/c1-4-13-12(9-17)8-15-16(13)14-6-5-10(2)7-11(14)3/h5-8,17H,4,9H2,1-3H3. The summed E-state index contributed by atoms with van der Waals surface area (Å²) in [5.41, 5.74) is 5.53. The summed E-state index contributed by atoms with van der Waals surface area (Å²) in [5.74, 6) is 0. The highest BCUT2D eigenvalue weighted by Gasteiger charge is 2.11. The third kappa shape index (κ3) is 2.11. The monoisotopic (exact) mass is 230 g/mol. The van der Waals surface area contributed by atoms with E-state index in [2.05, 4.69) is 44.1 Å². The first kappa shape index (κ1) is 11.9. The maximum Gasteiger partial charge on any atom is 0.0715 e. The summed E-state index contributed by atoms with van der Waals surface area (Å²) < 4.78 is 1.93. The van der Waals surface area contributed by atoms with Crippen LogP contribution < -0.4 is 0 Å². The van der Waals surface area contributed by atoms with Crippen molar-refractivity contribution < 1.29 is 5.11 Å². The topological polar surface area (TPSA) is 38.1 Å². The van der Waals surface area contributed by atoms with Crippen LogP contribution >= 0.6 is 0 Å². The zero-order chi connectivity index (χ0) is 12.4. The molecule has 0 unspecified atom stereocenters. The molecule has 0 aliphatic carbocycles. The molecule has 0 aliphatic heterocycles. The van der Waals surface area contributed by atoms with Gasteiger partial charge in [-0.3, -0.25) is 0 Å². The van der Waals surface area contributed by atoms with Crippen LogP contribution in [0.5, 0.6) is 0 Å². The number of rotatable bonds is 3. The summed E-state index contributed by atoms with van der Waals surface area (Å²) in [6.07, 6.45) is 2.61. The molecule has 1 heterocycles. The van der Waals surface area contributed by atoms with Crippen molar-refractivity contribution in [3.05, 3.63) is 46.8 Å². The second-order valence-corrected chi connectivity index (χ2v) is 4.33. The maximum atomic E-state index is 9.27. The van der Waals surface area contributed by atoms with Crippen molar-refractivity contribution >= 4 is 0 Å². The number of benzene rings is 1. The van der Waals surface area contributed by atoms with Gasteiger partial charge in [-0.1, -0.05) is 24.6 Å². The van der Waals surface area contributed by atoms with E-state index >= 15 is 0 Å². The van der Waals surface area contributed by atoms with E-state index in [0.29, 0.717) is 0 Å². The fraction of sp³-hybridized carbons (Fsp3) is 0.357. The highest BCUT2D eigenvalue weighted by atomic mass is 16.3. The van der Waals surface area contributed by atoms with Crippen molar-refractivity contribution in [2.45, 2.75) is 33.8 Å². The van der Waals surface area contributed by atoms with Gasteiger partial charge in [0, 0.05) is 11.3 Å². The first-order valence-corrected chi connectivity index (χ1v) is 5.91. The second-order valence-electron chi connectivity index (χ2n) is 4.33. The van der Waals surface area contributed by atoms with Gasteiger partial charge in [0.1, 0.15) is 0 Å². The summed E-state index contributed by atoms with van der Waals surface area (Å²) >= 11 is 0. The van der Waals surface area contributed by atoms with Gasteiger partial charge in [-0.15, -0.1) is 0 Å². The Morgan fingerprint density at radius 1 is 1.29 bits per heavy atom. The van der Waals surface area contributed by atoms with Gasteiger partial charge in [-0.05, 0) is 31.9 Å². The van der Waals surface area contributed by atoms with Crippen LogP contribution in [0, 0.1) is 13.8 Å². The molecule has 0 aliphatic rings. The molecule has 0 saturated carbocycles. The Labute approximate surface area is 102 Å². The fourth-order valence-electron chi connectivity index (χ4n) is 2.17. The zero-order valence-electron chi connectivity index (χ0n) is 10.6. The summed E-state index contributed by atoms with van der Waals surface area (Å²) in [5, 5.41) is 13.6. The molecular formula is C14H18N2O. The van der Waals surface area contributed by atoms with Gasteiger partial charge in [0.15, 0.2) is 0 Å². The van der Waals surface area contributed by atoms with Crippen LogP contribution in [0.25, 0.3) is 5.69 Å². The van der Waals surface area contributed by atoms with Crippen LogP contribution in [-0.4, -0.2) is 14.9 Å². The lowest BCUT2D eigenvalue weighted by Gasteiger charge is -2.10. The molecule has 0 atom stereocenters. The van der Waals surface area contributed by atoms with Crippen molar-refractivity contribution in [2.75, 3.05) is 0 Å². The molecule has 0 fully saturated rings. The van der Waals surface area contributed by atoms with Gasteiger partial charge < -0.3 is 5.11 Å². The van der Waals surface area contributed by atoms with E-state index in [0.717, 1.165) is 23.4 Å². The molecule has 2 aromatic rings. The smallest absolute Gasteiger partial charge is 0.0715 e. The maximum absolute atomic E-state index is 9.27. The van der Waals surface area contributed by atoms with Crippen LogP contribution in [0.2, 0.25) is 0 Å². The van der Waals surface area contributed by atoms with Crippen LogP contribution in [0.1, 0.15) is 29.3 Å². The average Bonchev–Trinajstić information content (AvgIpc) is 2.71. The van der Waals surface area contributed by atoms with Crippen molar-refractivity contribution in [2.24, 2.45) is 0 Å². The van der Waals surface area contributed by atoms with Gasteiger partial charge in [-0.25, -0.2) is 4.68 Å². The van der Waals surface area contributed by atoms with Crippen LogP contribution in [0.4, 0.5) is 0 Å². The Bertz CT molecular complexity index is 529. The predicted molar refractivity (Wildman–Crippen MR) is 68.3 cm³/mol. The average molecular weight is 230 g/mol. The van der Waals surface area contributed by atoms with Crippen LogP contribution in [0.15, 0.2) is 24.4 Å². The lowest BCUT2D eigenvalue weighted by atomic mass is 10.1. The molecule has 3 heteroatoms. The van der Waals surface area contributed by atoms with Crippen molar-refractivity contribution in [1.82, 2.24) is 9.78 Å². The Balaban J connectivity index is 2.56. The zero-order valence-corrected chi connectivity index (χ0v) is 10.6. The van der Waals surface area contributed by atoms with Gasteiger partial charge >= 0.3 is 0 Å². The van der Waals surface area contributed by atoms with Gasteiger partial charge in [0.05, 0.1) is 18.5 Å². The Morgan fingerprint density at radius 3 is 2.65 bits per heavy atom. The Morgan fingerprint density at radius 2 is 2.06 bits per heavy atom. The van der Waals surface area contributed by atoms with Crippen LogP contribution in [-0.2, 0) is 13.0 Å². The normalized spacial score (nSPS) is 10.8. The molecule has 0 radical (unpaired) electrons. The van der Waals surface area contributed by atoms with Gasteiger partial charge in [0.25, 0.3) is 0 Å². The number of aromatic nitrogens is 2. The van der Waals surface area contributed by atoms with Crippen molar-refractivity contribution in [1.29, 1.82) is 0 Å². The summed E-state index contributed by atoms with van der Waals surface area (Å²) in [7, 11) is 0. The number of nitrogens with zero attached hydrogens (tertiary/aromatic N) is 2. The molecule has 17 heavy (non-hydrogen) atoms. The molecule has 1 aromatic heterocycles. The van der Waals surface area contributed by atoms with E-state index in [9.17, 15) is 5.11 Å². The summed E-state index contributed by atoms with van der Waals surface area (Å²) in [6, 6.07) is 6.31. The quantitative estimate of drug-likeness (QED) is 0.880. The highest BCUT2D eigenvalue weighted by Crippen LogP contribution is 2.19. The van der Waals surface area contributed by atoms with E-state index in [1.807, 2.05) is 4.68 Å². The molecule has 1 aromatic carbocycles. The molecule has 3 nitrogen and oxygen atoms in total. The van der Waals surface area contributed by atoms with E-state index in [1.54, 1.807) is 6.20 Å². The van der Waals surface area contributed by atoms with Crippen LogP contribution in [0.3, 0.4) is 0 Å². The molecule has 0 amide bonds. The van der Waals surface area contributed by atoms with Gasteiger partial charge in [0.2, 0.25) is 0 Å². The number of aryl methyl sites for hydroxylation is 2. The van der Waals surface area contributed by atoms with Gasteiger partial charge in [-0.2, -0.15) is 5.10 Å². The Hall–Kier alpha value is -1.61. The summed E-state index contributed by atoms with van der Waals surface area (Å²) in [4.78, 5) is 0. The third-order valence-corrected chi connectivity index (χ3v) is 3.04. The molecular weight excluding hydrogens is 212 g/mol. The lowest BCUT2D eigenvalue weighted by Crippen LogP contribution is -2.04. The Kier molecular flexibility index (Phi) is 3.29.